The molecule has 2 N–H and O–H groups in total. The molecule has 1 aliphatic carbocycles. The molecule has 2 amide bonds. The van der Waals surface area contributed by atoms with Crippen molar-refractivity contribution in [1.29, 1.82) is 0 Å². The van der Waals surface area contributed by atoms with Crippen LogP contribution in [0.5, 0.6) is 0 Å². The van der Waals surface area contributed by atoms with Gasteiger partial charge in [-0.25, -0.2) is 4.79 Å². The van der Waals surface area contributed by atoms with Crippen molar-refractivity contribution in [1.82, 2.24) is 10.2 Å². The maximum Gasteiger partial charge on any atom is 0.407 e. The van der Waals surface area contributed by atoms with Crippen molar-refractivity contribution in [3.8, 4) is 11.1 Å². The highest BCUT2D eigenvalue weighted by atomic mass is 16.6. The first kappa shape index (κ1) is 22.8. The molecule has 0 spiro atoms. The van der Waals surface area contributed by atoms with Gasteiger partial charge >= 0.3 is 12.1 Å². The van der Waals surface area contributed by atoms with Gasteiger partial charge in [0, 0.05) is 19.1 Å². The third-order valence-electron chi connectivity index (χ3n) is 6.11. The SMILES string of the molecule is CCCN(CC(=O)O)C(=O)C1OCCC1NC(=O)OCC1c2ccccc2-c2ccccc21. The first-order valence-electron chi connectivity index (χ1n) is 11.2. The van der Waals surface area contributed by atoms with E-state index in [0.29, 0.717) is 26.0 Å². The normalized spacial score (nSPS) is 18.9. The van der Waals surface area contributed by atoms with Crippen LogP contribution in [0.4, 0.5) is 4.79 Å². The van der Waals surface area contributed by atoms with Gasteiger partial charge in [0.1, 0.15) is 13.2 Å². The van der Waals surface area contributed by atoms with E-state index in [-0.39, 0.29) is 12.5 Å². The van der Waals surface area contributed by atoms with Gasteiger partial charge < -0.3 is 24.8 Å². The molecule has 2 atom stereocenters. The zero-order valence-corrected chi connectivity index (χ0v) is 18.5. The van der Waals surface area contributed by atoms with Crippen molar-refractivity contribution in [3.05, 3.63) is 59.7 Å². The number of benzene rings is 2. The molecule has 8 nitrogen and oxygen atoms in total. The first-order chi connectivity index (χ1) is 16.0. The number of hydrogen-bond acceptors (Lipinski definition) is 5. The number of rotatable bonds is 8. The molecule has 174 valence electrons. The van der Waals surface area contributed by atoms with Crippen molar-refractivity contribution in [3.63, 3.8) is 0 Å². The number of carbonyl (C=O) groups is 3. The molecule has 1 fully saturated rings. The molecule has 0 saturated carbocycles. The van der Waals surface area contributed by atoms with Gasteiger partial charge in [-0.15, -0.1) is 0 Å². The van der Waals surface area contributed by atoms with E-state index >= 15 is 0 Å². The van der Waals surface area contributed by atoms with Crippen LogP contribution >= 0.6 is 0 Å². The van der Waals surface area contributed by atoms with E-state index in [1.165, 1.54) is 4.90 Å². The molecule has 1 heterocycles. The summed E-state index contributed by atoms with van der Waals surface area (Å²) in [6, 6.07) is 15.6. The summed E-state index contributed by atoms with van der Waals surface area (Å²) < 4.78 is 11.1. The first-order valence-corrected chi connectivity index (χ1v) is 11.2. The third kappa shape index (κ3) is 4.85. The van der Waals surface area contributed by atoms with Gasteiger partial charge in [-0.05, 0) is 35.1 Å². The maximum atomic E-state index is 12.8. The molecule has 0 aromatic heterocycles. The molecule has 0 radical (unpaired) electrons. The number of carboxylic acids is 1. The van der Waals surface area contributed by atoms with Crippen LogP contribution in [0.1, 0.15) is 36.8 Å². The molecule has 33 heavy (non-hydrogen) atoms. The summed E-state index contributed by atoms with van der Waals surface area (Å²) in [5.74, 6) is -1.58. The second kappa shape index (κ2) is 10.0. The summed E-state index contributed by atoms with van der Waals surface area (Å²) in [4.78, 5) is 37.8. The number of alkyl carbamates (subject to hydrolysis) is 1. The standard InChI is InChI=1S/C25H28N2O6/c1-2-12-27(14-22(28)29)24(30)23-21(11-13-32-23)26-25(31)33-15-20-18-9-5-3-7-16(18)17-8-4-6-10-19(17)20/h3-10,20-21,23H,2,11-15H2,1H3,(H,26,31)(H,28,29). The Morgan fingerprint density at radius 3 is 2.33 bits per heavy atom. The fourth-order valence-corrected chi connectivity index (χ4v) is 4.65. The second-order valence-corrected chi connectivity index (χ2v) is 8.31. The van der Waals surface area contributed by atoms with Gasteiger partial charge in [0.25, 0.3) is 5.91 Å². The summed E-state index contributed by atoms with van der Waals surface area (Å²) >= 11 is 0. The zero-order valence-electron chi connectivity index (χ0n) is 18.5. The molecule has 2 aliphatic rings. The minimum absolute atomic E-state index is 0.0592. The fraction of sp³-hybridized carbons (Fsp3) is 0.400. The monoisotopic (exact) mass is 452 g/mol. The number of carboxylic acid groups (broad SMARTS) is 1. The second-order valence-electron chi connectivity index (χ2n) is 8.31. The third-order valence-corrected chi connectivity index (χ3v) is 6.11. The average molecular weight is 453 g/mol. The summed E-state index contributed by atoms with van der Waals surface area (Å²) in [6.45, 7) is 2.25. The predicted octanol–water partition coefficient (Wildman–Crippen LogP) is 3.01. The quantitative estimate of drug-likeness (QED) is 0.638. The fourth-order valence-electron chi connectivity index (χ4n) is 4.65. The largest absolute Gasteiger partial charge is 0.480 e. The Morgan fingerprint density at radius 2 is 1.73 bits per heavy atom. The van der Waals surface area contributed by atoms with Crippen LogP contribution in [0.2, 0.25) is 0 Å². The Bertz CT molecular complexity index is 994. The number of hydrogen-bond donors (Lipinski definition) is 2. The van der Waals surface area contributed by atoms with Gasteiger partial charge in [-0.1, -0.05) is 55.5 Å². The van der Waals surface area contributed by atoms with Crippen LogP contribution in [0, 0.1) is 0 Å². The van der Waals surface area contributed by atoms with Crippen molar-refractivity contribution < 1.29 is 29.0 Å². The summed E-state index contributed by atoms with van der Waals surface area (Å²) in [5, 5.41) is 11.9. The average Bonchev–Trinajstić information content (AvgIpc) is 3.39. The number of ether oxygens (including phenoxy) is 2. The van der Waals surface area contributed by atoms with Gasteiger partial charge in [-0.3, -0.25) is 9.59 Å². The number of aliphatic carboxylic acids is 1. The molecular weight excluding hydrogens is 424 g/mol. The van der Waals surface area contributed by atoms with E-state index in [9.17, 15) is 14.4 Å². The Balaban J connectivity index is 1.39. The molecule has 0 bridgehead atoms. The van der Waals surface area contributed by atoms with Crippen molar-refractivity contribution in [2.75, 3.05) is 26.3 Å². The van der Waals surface area contributed by atoms with Crippen LogP contribution in [0.15, 0.2) is 48.5 Å². The lowest BCUT2D eigenvalue weighted by atomic mass is 9.98. The highest BCUT2D eigenvalue weighted by Crippen LogP contribution is 2.44. The van der Waals surface area contributed by atoms with E-state index in [0.717, 1.165) is 22.3 Å². The molecule has 2 unspecified atom stereocenters. The van der Waals surface area contributed by atoms with Gasteiger partial charge in [0.05, 0.1) is 6.04 Å². The zero-order chi connectivity index (χ0) is 23.4. The molecule has 4 rings (SSSR count). The summed E-state index contributed by atoms with van der Waals surface area (Å²) in [6.07, 6.45) is -0.467. The van der Waals surface area contributed by atoms with Gasteiger partial charge in [0.15, 0.2) is 6.10 Å². The van der Waals surface area contributed by atoms with Gasteiger partial charge in [0.2, 0.25) is 0 Å². The molecule has 2 aromatic carbocycles. The van der Waals surface area contributed by atoms with Crippen molar-refractivity contribution in [2.45, 2.75) is 37.8 Å². The van der Waals surface area contributed by atoms with E-state index in [1.807, 2.05) is 43.3 Å². The van der Waals surface area contributed by atoms with Crippen LogP contribution in [-0.2, 0) is 19.1 Å². The number of carbonyl (C=O) groups excluding carboxylic acids is 2. The topological polar surface area (TPSA) is 105 Å². The number of amides is 2. The minimum Gasteiger partial charge on any atom is -0.480 e. The predicted molar refractivity (Wildman–Crippen MR) is 121 cm³/mol. The van der Waals surface area contributed by atoms with Crippen LogP contribution in [0.3, 0.4) is 0 Å². The molecule has 8 heteroatoms. The van der Waals surface area contributed by atoms with E-state index in [4.69, 9.17) is 14.6 Å². The number of nitrogens with zero attached hydrogens (tertiary/aromatic N) is 1. The lowest BCUT2D eigenvalue weighted by Gasteiger charge is -2.26. The summed E-state index contributed by atoms with van der Waals surface area (Å²) in [5.41, 5.74) is 4.53. The molecule has 2 aromatic rings. The minimum atomic E-state index is -1.09. The number of fused-ring (bicyclic) bond motifs is 3. The van der Waals surface area contributed by atoms with Crippen molar-refractivity contribution >= 4 is 18.0 Å². The van der Waals surface area contributed by atoms with E-state index in [1.54, 1.807) is 0 Å². The molecule has 1 saturated heterocycles. The van der Waals surface area contributed by atoms with Crippen LogP contribution in [-0.4, -0.2) is 66.4 Å². The van der Waals surface area contributed by atoms with Crippen LogP contribution in [0.25, 0.3) is 11.1 Å². The Morgan fingerprint density at radius 1 is 1.09 bits per heavy atom. The number of nitrogens with one attached hydrogen (secondary N) is 1. The summed E-state index contributed by atoms with van der Waals surface area (Å²) in [7, 11) is 0. The maximum absolute atomic E-state index is 12.8. The Hall–Kier alpha value is -3.39. The lowest BCUT2D eigenvalue weighted by Crippen LogP contribution is -2.51. The smallest absolute Gasteiger partial charge is 0.407 e. The lowest BCUT2D eigenvalue weighted by molar-refractivity contribution is -0.149. The molecular formula is C25H28N2O6. The highest BCUT2D eigenvalue weighted by Gasteiger charge is 2.38. The molecule has 1 aliphatic heterocycles. The van der Waals surface area contributed by atoms with Crippen LogP contribution < -0.4 is 5.32 Å². The van der Waals surface area contributed by atoms with Crippen molar-refractivity contribution in [2.24, 2.45) is 0 Å². The Labute approximate surface area is 192 Å². The Kier molecular flexibility index (Phi) is 6.93. The van der Waals surface area contributed by atoms with E-state index < -0.39 is 36.7 Å². The van der Waals surface area contributed by atoms with Gasteiger partial charge in [-0.2, -0.15) is 0 Å². The van der Waals surface area contributed by atoms with E-state index in [2.05, 4.69) is 17.4 Å². The highest BCUT2D eigenvalue weighted by molar-refractivity contribution is 5.86.